The van der Waals surface area contributed by atoms with Gasteiger partial charge in [-0.3, -0.25) is 4.79 Å². The number of aliphatic hydroxyl groups is 1. The largest absolute Gasteiger partial charge is 0.466 e. The van der Waals surface area contributed by atoms with Crippen molar-refractivity contribution in [3.63, 3.8) is 0 Å². The first-order valence-electron chi connectivity index (χ1n) is 8.35. The average Bonchev–Trinajstić information content (AvgIpc) is 2.96. The Hall–Kier alpha value is -2.08. The number of hydrogen-bond donors (Lipinski definition) is 1. The van der Waals surface area contributed by atoms with Crippen LogP contribution in [0.4, 0.5) is 4.79 Å². The lowest BCUT2D eigenvalue weighted by atomic mass is 10.1. The van der Waals surface area contributed by atoms with Crippen LogP contribution in [0.15, 0.2) is 30.3 Å². The van der Waals surface area contributed by atoms with Crippen molar-refractivity contribution >= 4 is 12.1 Å². The molecule has 1 heterocycles. The molecule has 0 spiro atoms. The summed E-state index contributed by atoms with van der Waals surface area (Å²) in [5.41, 5.74) is 0.931. The van der Waals surface area contributed by atoms with Crippen molar-refractivity contribution in [2.24, 2.45) is 0 Å². The van der Waals surface area contributed by atoms with Gasteiger partial charge in [0.25, 0.3) is 0 Å². The zero-order valence-corrected chi connectivity index (χ0v) is 14.0. The summed E-state index contributed by atoms with van der Waals surface area (Å²) in [6.45, 7) is 1.91. The second-order valence-corrected chi connectivity index (χ2v) is 5.97. The molecule has 2 atom stereocenters. The number of carbonyl (C=O) groups is 2. The molecule has 1 aromatic carbocycles. The standard InChI is InChI=1S/C18H25NO5/c1-14(21)23-12-10-17-8-7-16(9-11-20)19(17)18(22)24-13-15-5-3-2-4-6-15/h2-6,16-17,20H,7-13H2,1H3/t16-,17+/m0/s1. The molecule has 0 unspecified atom stereocenters. The minimum absolute atomic E-state index is 0.0239. The van der Waals surface area contributed by atoms with E-state index in [0.29, 0.717) is 12.8 Å². The summed E-state index contributed by atoms with van der Waals surface area (Å²) in [5.74, 6) is -0.321. The van der Waals surface area contributed by atoms with Crippen molar-refractivity contribution in [2.45, 2.75) is 51.3 Å². The SMILES string of the molecule is CC(=O)OCC[C@H]1CC[C@@H](CCO)N1C(=O)OCc1ccccc1. The third-order valence-corrected chi connectivity index (χ3v) is 4.25. The number of rotatable bonds is 7. The first kappa shape index (κ1) is 18.3. The molecule has 1 fully saturated rings. The summed E-state index contributed by atoms with van der Waals surface area (Å²) in [6.07, 6.45) is 2.40. The summed E-state index contributed by atoms with van der Waals surface area (Å²) in [6, 6.07) is 9.46. The number of ether oxygens (including phenoxy) is 2. The summed E-state index contributed by atoms with van der Waals surface area (Å²) >= 11 is 0. The molecule has 1 aromatic rings. The highest BCUT2D eigenvalue weighted by atomic mass is 16.6. The Labute approximate surface area is 142 Å². The Kier molecular flexibility index (Phi) is 7.06. The van der Waals surface area contributed by atoms with E-state index in [1.807, 2.05) is 30.3 Å². The number of carbonyl (C=O) groups excluding carboxylic acids is 2. The maximum atomic E-state index is 12.5. The summed E-state index contributed by atoms with van der Waals surface area (Å²) < 4.78 is 10.4. The lowest BCUT2D eigenvalue weighted by molar-refractivity contribution is -0.141. The van der Waals surface area contributed by atoms with E-state index >= 15 is 0 Å². The van der Waals surface area contributed by atoms with E-state index in [4.69, 9.17) is 9.47 Å². The Morgan fingerprint density at radius 3 is 2.42 bits per heavy atom. The smallest absolute Gasteiger partial charge is 0.410 e. The predicted octanol–water partition coefficient (Wildman–Crippen LogP) is 2.49. The van der Waals surface area contributed by atoms with Crippen LogP contribution in [0.3, 0.4) is 0 Å². The van der Waals surface area contributed by atoms with Gasteiger partial charge in [-0.15, -0.1) is 0 Å². The fraction of sp³-hybridized carbons (Fsp3) is 0.556. The van der Waals surface area contributed by atoms with Gasteiger partial charge in [0.15, 0.2) is 0 Å². The fourth-order valence-corrected chi connectivity index (χ4v) is 3.11. The van der Waals surface area contributed by atoms with Gasteiger partial charge in [-0.2, -0.15) is 0 Å². The highest BCUT2D eigenvalue weighted by Gasteiger charge is 2.37. The third-order valence-electron chi connectivity index (χ3n) is 4.25. The number of esters is 1. The van der Waals surface area contributed by atoms with E-state index in [9.17, 15) is 14.7 Å². The third kappa shape index (κ3) is 5.23. The van der Waals surface area contributed by atoms with Gasteiger partial charge in [0.1, 0.15) is 6.61 Å². The molecule has 1 aliphatic rings. The van der Waals surface area contributed by atoms with Gasteiger partial charge in [0, 0.05) is 32.0 Å². The van der Waals surface area contributed by atoms with E-state index in [1.165, 1.54) is 6.92 Å². The van der Waals surface area contributed by atoms with Gasteiger partial charge >= 0.3 is 12.1 Å². The summed E-state index contributed by atoms with van der Waals surface area (Å²) in [7, 11) is 0. The van der Waals surface area contributed by atoms with Crippen LogP contribution in [0.1, 0.15) is 38.2 Å². The quantitative estimate of drug-likeness (QED) is 0.775. The van der Waals surface area contributed by atoms with Crippen LogP contribution in [0.5, 0.6) is 0 Å². The molecule has 1 N–H and O–H groups in total. The van der Waals surface area contributed by atoms with Crippen LogP contribution in [0.25, 0.3) is 0 Å². The van der Waals surface area contributed by atoms with Crippen molar-refractivity contribution in [3.8, 4) is 0 Å². The van der Waals surface area contributed by atoms with Crippen molar-refractivity contribution in [1.29, 1.82) is 0 Å². The zero-order chi connectivity index (χ0) is 17.4. The van der Waals surface area contributed by atoms with Gasteiger partial charge < -0.3 is 19.5 Å². The molecule has 6 heteroatoms. The second-order valence-electron chi connectivity index (χ2n) is 5.97. The molecular formula is C18H25NO5. The molecule has 1 aliphatic heterocycles. The Morgan fingerprint density at radius 2 is 1.79 bits per heavy atom. The highest BCUT2D eigenvalue weighted by Crippen LogP contribution is 2.29. The molecule has 6 nitrogen and oxygen atoms in total. The Balaban J connectivity index is 1.93. The lowest BCUT2D eigenvalue weighted by Gasteiger charge is -2.29. The topological polar surface area (TPSA) is 76.1 Å². The monoisotopic (exact) mass is 335 g/mol. The molecule has 0 saturated carbocycles. The molecule has 132 valence electrons. The molecule has 1 amide bonds. The highest BCUT2D eigenvalue weighted by molar-refractivity contribution is 5.69. The zero-order valence-electron chi connectivity index (χ0n) is 14.0. The van der Waals surface area contributed by atoms with Gasteiger partial charge in [0.05, 0.1) is 6.61 Å². The van der Waals surface area contributed by atoms with E-state index in [1.54, 1.807) is 4.90 Å². The molecule has 0 radical (unpaired) electrons. The Morgan fingerprint density at radius 1 is 1.12 bits per heavy atom. The van der Waals surface area contributed by atoms with Gasteiger partial charge in [0.2, 0.25) is 0 Å². The summed E-state index contributed by atoms with van der Waals surface area (Å²) in [4.78, 5) is 25.1. The lowest BCUT2D eigenvalue weighted by Crippen LogP contribution is -2.42. The van der Waals surface area contributed by atoms with Crippen LogP contribution in [0, 0.1) is 0 Å². The average molecular weight is 335 g/mol. The molecule has 1 saturated heterocycles. The first-order chi connectivity index (χ1) is 11.6. The molecule has 24 heavy (non-hydrogen) atoms. The number of benzene rings is 1. The molecule has 0 aliphatic carbocycles. The number of amides is 1. The number of likely N-dealkylation sites (tertiary alicyclic amines) is 1. The predicted molar refractivity (Wildman–Crippen MR) is 88.2 cm³/mol. The van der Waals surface area contributed by atoms with Crippen LogP contribution in [0.2, 0.25) is 0 Å². The van der Waals surface area contributed by atoms with Crippen LogP contribution in [-0.4, -0.2) is 47.4 Å². The van der Waals surface area contributed by atoms with Crippen molar-refractivity contribution in [3.05, 3.63) is 35.9 Å². The second kappa shape index (κ2) is 9.27. The van der Waals surface area contributed by atoms with Crippen LogP contribution < -0.4 is 0 Å². The Bertz CT molecular complexity index is 533. The van der Waals surface area contributed by atoms with E-state index < -0.39 is 0 Å². The maximum Gasteiger partial charge on any atom is 0.410 e. The number of aliphatic hydroxyl groups excluding tert-OH is 1. The van der Waals surface area contributed by atoms with Crippen molar-refractivity contribution in [2.75, 3.05) is 13.2 Å². The number of hydrogen-bond acceptors (Lipinski definition) is 5. The first-order valence-corrected chi connectivity index (χ1v) is 8.35. The molecule has 2 rings (SSSR count). The van der Waals surface area contributed by atoms with Crippen LogP contribution >= 0.6 is 0 Å². The van der Waals surface area contributed by atoms with E-state index in [0.717, 1.165) is 18.4 Å². The minimum atomic E-state index is -0.373. The van der Waals surface area contributed by atoms with Crippen molar-refractivity contribution < 1.29 is 24.2 Å². The molecule has 0 aromatic heterocycles. The minimum Gasteiger partial charge on any atom is -0.466 e. The summed E-state index contributed by atoms with van der Waals surface area (Å²) in [5, 5.41) is 9.22. The van der Waals surface area contributed by atoms with Gasteiger partial charge in [-0.05, 0) is 24.8 Å². The van der Waals surface area contributed by atoms with Crippen molar-refractivity contribution in [1.82, 2.24) is 4.90 Å². The fourth-order valence-electron chi connectivity index (χ4n) is 3.11. The molecule has 0 bridgehead atoms. The van der Waals surface area contributed by atoms with Gasteiger partial charge in [-0.1, -0.05) is 30.3 Å². The van der Waals surface area contributed by atoms with Gasteiger partial charge in [-0.25, -0.2) is 4.79 Å². The van der Waals surface area contributed by atoms with E-state index in [-0.39, 0.29) is 44.0 Å². The normalized spacial score (nSPS) is 20.0. The number of nitrogens with zero attached hydrogens (tertiary/aromatic N) is 1. The van der Waals surface area contributed by atoms with Crippen LogP contribution in [-0.2, 0) is 20.9 Å². The maximum absolute atomic E-state index is 12.5. The van der Waals surface area contributed by atoms with E-state index in [2.05, 4.69) is 0 Å². The molecular weight excluding hydrogens is 310 g/mol.